The van der Waals surface area contributed by atoms with Crippen LogP contribution in [0.25, 0.3) is 5.70 Å². The summed E-state index contributed by atoms with van der Waals surface area (Å²) in [7, 11) is 2.04. The second-order valence-corrected chi connectivity index (χ2v) is 3.22. The first-order chi connectivity index (χ1) is 6.68. The molecule has 2 rings (SSSR count). The molecule has 0 atom stereocenters. The summed E-state index contributed by atoms with van der Waals surface area (Å²) < 4.78 is 0. The molecule has 0 unspecified atom stereocenters. The molecule has 2 nitrogen and oxygen atoms in total. The molecular formula is C12H18N2. The Bertz CT molecular complexity index is 342. The second kappa shape index (κ2) is 4.18. The summed E-state index contributed by atoms with van der Waals surface area (Å²) >= 11 is 0. The van der Waals surface area contributed by atoms with Crippen LogP contribution in [0.1, 0.15) is 25.0 Å². The van der Waals surface area contributed by atoms with Gasteiger partial charge in [0.15, 0.2) is 0 Å². The van der Waals surface area contributed by atoms with E-state index in [2.05, 4.69) is 17.5 Å². The van der Waals surface area contributed by atoms with Gasteiger partial charge in [0, 0.05) is 30.5 Å². The van der Waals surface area contributed by atoms with Gasteiger partial charge in [0.25, 0.3) is 0 Å². The van der Waals surface area contributed by atoms with Crippen LogP contribution in [0.15, 0.2) is 24.8 Å². The number of fused-ring (bicyclic) bond motifs is 1. The quantitative estimate of drug-likeness (QED) is 0.637. The van der Waals surface area contributed by atoms with Crippen molar-refractivity contribution in [2.75, 3.05) is 12.8 Å². The van der Waals surface area contributed by atoms with Crippen LogP contribution < -0.4 is 5.73 Å². The molecule has 0 saturated carbocycles. The molecule has 2 N–H and O–H groups in total. The third-order valence-corrected chi connectivity index (χ3v) is 2.31. The topological polar surface area (TPSA) is 29.3 Å². The van der Waals surface area contributed by atoms with Crippen molar-refractivity contribution < 1.29 is 0 Å². The van der Waals surface area contributed by atoms with E-state index in [1.807, 2.05) is 33.0 Å². The third kappa shape index (κ3) is 1.74. The van der Waals surface area contributed by atoms with Gasteiger partial charge in [-0.25, -0.2) is 0 Å². The van der Waals surface area contributed by atoms with Crippen molar-refractivity contribution in [3.05, 3.63) is 35.9 Å². The normalized spacial score (nSPS) is 13.4. The van der Waals surface area contributed by atoms with Crippen molar-refractivity contribution in [3.63, 3.8) is 0 Å². The summed E-state index contributed by atoms with van der Waals surface area (Å²) in [6, 6.07) is 5.99. The highest BCUT2D eigenvalue weighted by Crippen LogP contribution is 2.30. The van der Waals surface area contributed by atoms with Crippen LogP contribution in [-0.4, -0.2) is 11.9 Å². The first-order valence-corrected chi connectivity index (χ1v) is 4.97. The van der Waals surface area contributed by atoms with Gasteiger partial charge in [0.1, 0.15) is 0 Å². The highest BCUT2D eigenvalue weighted by Gasteiger charge is 2.18. The molecule has 0 amide bonds. The van der Waals surface area contributed by atoms with E-state index >= 15 is 0 Å². The van der Waals surface area contributed by atoms with Gasteiger partial charge in [-0.3, -0.25) is 0 Å². The Balaban J connectivity index is 0.000000461. The van der Waals surface area contributed by atoms with Gasteiger partial charge in [0.05, 0.1) is 0 Å². The van der Waals surface area contributed by atoms with Crippen molar-refractivity contribution in [3.8, 4) is 0 Å². The lowest BCUT2D eigenvalue weighted by Crippen LogP contribution is -2.05. The number of nitrogen functional groups attached to an aromatic ring is 1. The van der Waals surface area contributed by atoms with E-state index in [1.165, 1.54) is 11.1 Å². The number of rotatable bonds is 0. The molecule has 1 aliphatic heterocycles. The Morgan fingerprint density at radius 3 is 2.64 bits per heavy atom. The number of nitrogens with two attached hydrogens (primary N) is 1. The number of hydrogen-bond donors (Lipinski definition) is 1. The van der Waals surface area contributed by atoms with Crippen molar-refractivity contribution >= 4 is 11.4 Å². The molecule has 76 valence electrons. The van der Waals surface area contributed by atoms with Crippen molar-refractivity contribution in [2.45, 2.75) is 20.4 Å². The highest BCUT2D eigenvalue weighted by molar-refractivity contribution is 5.71. The van der Waals surface area contributed by atoms with Crippen LogP contribution in [0.2, 0.25) is 0 Å². The fourth-order valence-electron chi connectivity index (χ4n) is 1.56. The predicted octanol–water partition coefficient (Wildman–Crippen LogP) is 2.71. The molecule has 14 heavy (non-hydrogen) atoms. The molecule has 1 heterocycles. The summed E-state index contributed by atoms with van der Waals surface area (Å²) in [6.45, 7) is 8.94. The van der Waals surface area contributed by atoms with Gasteiger partial charge in [0.2, 0.25) is 0 Å². The van der Waals surface area contributed by atoms with Crippen LogP contribution in [0.3, 0.4) is 0 Å². The number of nitrogens with zero attached hydrogens (tertiary/aromatic N) is 1. The van der Waals surface area contributed by atoms with Crippen LogP contribution in [0, 0.1) is 0 Å². The average Bonchev–Trinajstić information content (AvgIpc) is 2.48. The van der Waals surface area contributed by atoms with Crippen LogP contribution in [-0.2, 0) is 6.54 Å². The summed E-state index contributed by atoms with van der Waals surface area (Å²) in [6.07, 6.45) is 0. The molecule has 0 aliphatic carbocycles. The van der Waals surface area contributed by atoms with Crippen LogP contribution >= 0.6 is 0 Å². The fraction of sp³-hybridized carbons (Fsp3) is 0.333. The highest BCUT2D eigenvalue weighted by atomic mass is 15.1. The molecule has 1 aliphatic rings. The summed E-state index contributed by atoms with van der Waals surface area (Å²) in [4.78, 5) is 2.13. The minimum Gasteiger partial charge on any atom is -0.399 e. The minimum absolute atomic E-state index is 0.810. The third-order valence-electron chi connectivity index (χ3n) is 2.31. The number of benzene rings is 1. The number of hydrogen-bond acceptors (Lipinski definition) is 2. The maximum absolute atomic E-state index is 5.68. The summed E-state index contributed by atoms with van der Waals surface area (Å²) in [5.41, 5.74) is 10.1. The Morgan fingerprint density at radius 2 is 2.00 bits per heavy atom. The number of anilines is 1. The Hall–Kier alpha value is -1.44. The smallest absolute Gasteiger partial charge is 0.0432 e. The zero-order valence-electron chi connectivity index (χ0n) is 9.17. The maximum atomic E-state index is 5.68. The lowest BCUT2D eigenvalue weighted by Gasteiger charge is -2.10. The summed E-state index contributed by atoms with van der Waals surface area (Å²) in [5.74, 6) is 0. The molecule has 0 aromatic heterocycles. The van der Waals surface area contributed by atoms with E-state index in [1.54, 1.807) is 0 Å². The van der Waals surface area contributed by atoms with E-state index in [9.17, 15) is 0 Å². The fourth-order valence-corrected chi connectivity index (χ4v) is 1.56. The van der Waals surface area contributed by atoms with Crippen molar-refractivity contribution in [2.24, 2.45) is 0 Å². The average molecular weight is 190 g/mol. The molecule has 1 aromatic carbocycles. The van der Waals surface area contributed by atoms with Crippen molar-refractivity contribution in [1.82, 2.24) is 4.90 Å². The van der Waals surface area contributed by atoms with Gasteiger partial charge in [-0.2, -0.15) is 0 Å². The minimum atomic E-state index is 0.810. The maximum Gasteiger partial charge on any atom is 0.0432 e. The Kier molecular flexibility index (Phi) is 3.18. The first kappa shape index (κ1) is 10.6. The van der Waals surface area contributed by atoms with Gasteiger partial charge in [-0.1, -0.05) is 26.5 Å². The molecule has 0 saturated heterocycles. The zero-order valence-corrected chi connectivity index (χ0v) is 9.17. The van der Waals surface area contributed by atoms with Gasteiger partial charge in [-0.05, 0) is 17.7 Å². The largest absolute Gasteiger partial charge is 0.399 e. The van der Waals surface area contributed by atoms with Gasteiger partial charge < -0.3 is 10.6 Å². The Labute approximate surface area is 86.0 Å². The molecule has 2 heteroatoms. The van der Waals surface area contributed by atoms with Gasteiger partial charge >= 0.3 is 0 Å². The first-order valence-electron chi connectivity index (χ1n) is 4.97. The van der Waals surface area contributed by atoms with Crippen LogP contribution in [0.5, 0.6) is 0 Å². The van der Waals surface area contributed by atoms with Gasteiger partial charge in [-0.15, -0.1) is 0 Å². The molecule has 0 radical (unpaired) electrons. The van der Waals surface area contributed by atoms with E-state index in [4.69, 9.17) is 5.73 Å². The summed E-state index contributed by atoms with van der Waals surface area (Å²) in [5, 5.41) is 0. The molecule has 1 aromatic rings. The molecular weight excluding hydrogens is 172 g/mol. The van der Waals surface area contributed by atoms with Crippen molar-refractivity contribution in [1.29, 1.82) is 0 Å². The molecule has 0 fully saturated rings. The molecule has 0 spiro atoms. The zero-order chi connectivity index (χ0) is 10.7. The lowest BCUT2D eigenvalue weighted by molar-refractivity contribution is 0.501. The second-order valence-electron chi connectivity index (χ2n) is 3.22. The van der Waals surface area contributed by atoms with E-state index in [-0.39, 0.29) is 0 Å². The van der Waals surface area contributed by atoms with E-state index < -0.39 is 0 Å². The lowest BCUT2D eigenvalue weighted by atomic mass is 10.1. The molecule has 0 bridgehead atoms. The monoisotopic (exact) mass is 190 g/mol. The van der Waals surface area contributed by atoms with E-state index in [0.717, 1.165) is 17.9 Å². The van der Waals surface area contributed by atoms with Crippen LogP contribution in [0.4, 0.5) is 5.69 Å². The van der Waals surface area contributed by atoms with E-state index in [0.29, 0.717) is 0 Å². The SMILES string of the molecule is C=C1c2cc(N)ccc2CN1C.CC. The Morgan fingerprint density at radius 1 is 1.36 bits per heavy atom. The predicted molar refractivity (Wildman–Crippen MR) is 62.7 cm³/mol. The standard InChI is InChI=1S/C10H12N2.C2H6/c1-7-10-5-9(11)4-3-8(10)6-12(7)2;1-2/h3-5H,1,6,11H2,2H3;1-2H3.